The highest BCUT2D eigenvalue weighted by Crippen LogP contribution is 2.25. The van der Waals surface area contributed by atoms with Crippen molar-refractivity contribution in [1.29, 1.82) is 0 Å². The van der Waals surface area contributed by atoms with E-state index in [9.17, 15) is 9.90 Å². The van der Waals surface area contributed by atoms with Gasteiger partial charge in [-0.2, -0.15) is 0 Å². The molecule has 2 saturated heterocycles. The minimum atomic E-state index is -0.0278. The molecule has 108 valence electrons. The molecular formula is C16H22N2O2. The van der Waals surface area contributed by atoms with Gasteiger partial charge in [0.1, 0.15) is 5.75 Å². The molecule has 0 spiro atoms. The molecule has 4 nitrogen and oxygen atoms in total. The third-order valence-corrected chi connectivity index (χ3v) is 4.47. The van der Waals surface area contributed by atoms with Crippen LogP contribution in [-0.2, 0) is 0 Å². The van der Waals surface area contributed by atoms with E-state index in [4.69, 9.17) is 0 Å². The Kier molecular flexibility index (Phi) is 3.66. The summed E-state index contributed by atoms with van der Waals surface area (Å²) in [5, 5.41) is 9.94. The Morgan fingerprint density at radius 2 is 2.05 bits per heavy atom. The van der Waals surface area contributed by atoms with Crippen molar-refractivity contribution in [2.75, 3.05) is 26.2 Å². The van der Waals surface area contributed by atoms with Crippen molar-refractivity contribution in [3.05, 3.63) is 29.3 Å². The summed E-state index contributed by atoms with van der Waals surface area (Å²) in [6.45, 7) is 5.79. The summed E-state index contributed by atoms with van der Waals surface area (Å²) in [6, 6.07) is 5.73. The van der Waals surface area contributed by atoms with Gasteiger partial charge in [0.2, 0.25) is 0 Å². The Morgan fingerprint density at radius 3 is 2.90 bits per heavy atom. The van der Waals surface area contributed by atoms with Gasteiger partial charge in [-0.3, -0.25) is 9.69 Å². The molecule has 0 saturated carbocycles. The van der Waals surface area contributed by atoms with E-state index in [0.717, 1.165) is 31.6 Å². The van der Waals surface area contributed by atoms with E-state index < -0.39 is 0 Å². The number of fused-ring (bicyclic) bond motifs is 1. The lowest BCUT2D eigenvalue weighted by atomic mass is 10.1. The number of amides is 1. The largest absolute Gasteiger partial charge is 0.507 e. The Bertz CT molecular complexity index is 515. The molecule has 1 aromatic rings. The average molecular weight is 274 g/mol. The highest BCUT2D eigenvalue weighted by molar-refractivity contribution is 5.97. The summed E-state index contributed by atoms with van der Waals surface area (Å²) < 4.78 is 0. The SMILES string of the molecule is Cc1ccc(O)c(C(=O)N2CCCN3CCCC3C2)c1. The van der Waals surface area contributed by atoms with Crippen LogP contribution in [0, 0.1) is 6.92 Å². The predicted molar refractivity (Wildman–Crippen MR) is 78.0 cm³/mol. The summed E-state index contributed by atoms with van der Waals surface area (Å²) in [7, 11) is 0. The minimum absolute atomic E-state index is 0.0278. The predicted octanol–water partition coefficient (Wildman–Crippen LogP) is 2.01. The number of benzene rings is 1. The number of phenols is 1. The number of aromatic hydroxyl groups is 1. The van der Waals surface area contributed by atoms with Crippen molar-refractivity contribution >= 4 is 5.91 Å². The molecule has 4 heteroatoms. The molecule has 20 heavy (non-hydrogen) atoms. The molecule has 2 aliphatic rings. The lowest BCUT2D eigenvalue weighted by Crippen LogP contribution is -2.39. The number of nitrogens with zero attached hydrogens (tertiary/aromatic N) is 2. The number of aryl methyl sites for hydroxylation is 1. The van der Waals surface area contributed by atoms with E-state index in [-0.39, 0.29) is 11.7 Å². The topological polar surface area (TPSA) is 43.8 Å². The second kappa shape index (κ2) is 5.44. The zero-order chi connectivity index (χ0) is 14.1. The second-order valence-corrected chi connectivity index (χ2v) is 5.96. The van der Waals surface area contributed by atoms with E-state index in [1.165, 1.54) is 19.4 Å². The van der Waals surface area contributed by atoms with Gasteiger partial charge in [0, 0.05) is 25.7 Å². The van der Waals surface area contributed by atoms with Crippen molar-refractivity contribution in [2.45, 2.75) is 32.2 Å². The summed E-state index contributed by atoms with van der Waals surface area (Å²) >= 11 is 0. The van der Waals surface area contributed by atoms with E-state index in [1.807, 2.05) is 17.9 Å². The van der Waals surface area contributed by atoms with Crippen LogP contribution in [0.4, 0.5) is 0 Å². The maximum absolute atomic E-state index is 12.7. The number of carbonyl (C=O) groups excluding carboxylic acids is 1. The van der Waals surface area contributed by atoms with E-state index in [2.05, 4.69) is 4.90 Å². The smallest absolute Gasteiger partial charge is 0.257 e. The van der Waals surface area contributed by atoms with Crippen LogP contribution in [0.2, 0.25) is 0 Å². The molecule has 1 atom stereocenters. The third-order valence-electron chi connectivity index (χ3n) is 4.47. The summed E-state index contributed by atoms with van der Waals surface area (Å²) in [5.41, 5.74) is 1.44. The normalized spacial score (nSPS) is 23.4. The molecule has 1 aromatic carbocycles. The van der Waals surface area contributed by atoms with Crippen LogP contribution in [0.1, 0.15) is 35.2 Å². The number of hydrogen-bond donors (Lipinski definition) is 1. The van der Waals surface area contributed by atoms with Crippen molar-refractivity contribution in [3.8, 4) is 5.75 Å². The quantitative estimate of drug-likeness (QED) is 0.852. The van der Waals surface area contributed by atoms with Crippen molar-refractivity contribution < 1.29 is 9.90 Å². The van der Waals surface area contributed by atoms with Crippen molar-refractivity contribution in [3.63, 3.8) is 0 Å². The van der Waals surface area contributed by atoms with Gasteiger partial charge in [-0.1, -0.05) is 11.6 Å². The van der Waals surface area contributed by atoms with Gasteiger partial charge < -0.3 is 10.0 Å². The monoisotopic (exact) mass is 274 g/mol. The van der Waals surface area contributed by atoms with Crippen LogP contribution in [-0.4, -0.2) is 53.0 Å². The molecule has 1 unspecified atom stereocenters. The fraction of sp³-hybridized carbons (Fsp3) is 0.562. The number of hydrogen-bond acceptors (Lipinski definition) is 3. The summed E-state index contributed by atoms with van der Waals surface area (Å²) in [5.74, 6) is 0.0630. The van der Waals surface area contributed by atoms with Crippen LogP contribution >= 0.6 is 0 Å². The molecule has 0 bridgehead atoms. The molecule has 2 fully saturated rings. The Balaban J connectivity index is 1.80. The lowest BCUT2D eigenvalue weighted by molar-refractivity contribution is 0.0740. The maximum Gasteiger partial charge on any atom is 0.257 e. The van der Waals surface area contributed by atoms with Crippen LogP contribution < -0.4 is 0 Å². The van der Waals surface area contributed by atoms with Crippen molar-refractivity contribution in [1.82, 2.24) is 9.80 Å². The first-order valence-electron chi connectivity index (χ1n) is 7.48. The third kappa shape index (κ3) is 2.52. The summed E-state index contributed by atoms with van der Waals surface area (Å²) in [4.78, 5) is 17.1. The van der Waals surface area contributed by atoms with Gasteiger partial charge in [0.05, 0.1) is 5.56 Å². The van der Waals surface area contributed by atoms with Crippen LogP contribution in [0.5, 0.6) is 5.75 Å². The number of rotatable bonds is 1. The fourth-order valence-electron chi connectivity index (χ4n) is 3.38. The highest BCUT2D eigenvalue weighted by Gasteiger charge is 2.31. The average Bonchev–Trinajstić information content (AvgIpc) is 2.78. The van der Waals surface area contributed by atoms with Crippen LogP contribution in [0.25, 0.3) is 0 Å². The van der Waals surface area contributed by atoms with Gasteiger partial charge in [-0.25, -0.2) is 0 Å². The van der Waals surface area contributed by atoms with Gasteiger partial charge >= 0.3 is 0 Å². The Morgan fingerprint density at radius 1 is 1.25 bits per heavy atom. The van der Waals surface area contributed by atoms with E-state index >= 15 is 0 Å². The van der Waals surface area contributed by atoms with Gasteiger partial charge in [0.25, 0.3) is 5.91 Å². The van der Waals surface area contributed by atoms with E-state index in [0.29, 0.717) is 11.6 Å². The number of carbonyl (C=O) groups is 1. The minimum Gasteiger partial charge on any atom is -0.507 e. The summed E-state index contributed by atoms with van der Waals surface area (Å²) in [6.07, 6.45) is 3.45. The molecule has 0 aliphatic carbocycles. The molecule has 2 aliphatic heterocycles. The van der Waals surface area contributed by atoms with Gasteiger partial charge in [-0.05, 0) is 44.9 Å². The zero-order valence-electron chi connectivity index (χ0n) is 12.0. The second-order valence-electron chi connectivity index (χ2n) is 5.96. The first kappa shape index (κ1) is 13.4. The maximum atomic E-state index is 12.7. The highest BCUT2D eigenvalue weighted by atomic mass is 16.3. The van der Waals surface area contributed by atoms with Gasteiger partial charge in [0.15, 0.2) is 0 Å². The molecule has 2 heterocycles. The first-order chi connectivity index (χ1) is 9.65. The zero-order valence-corrected chi connectivity index (χ0v) is 12.0. The van der Waals surface area contributed by atoms with Crippen LogP contribution in [0.3, 0.4) is 0 Å². The lowest BCUT2D eigenvalue weighted by Gasteiger charge is -2.26. The molecule has 3 rings (SSSR count). The standard InChI is InChI=1S/C16H22N2O2/c1-12-5-6-15(19)14(10-12)16(20)18-9-3-8-17-7-2-4-13(17)11-18/h5-6,10,13,19H,2-4,7-9,11H2,1H3. The van der Waals surface area contributed by atoms with Crippen LogP contribution in [0.15, 0.2) is 18.2 Å². The first-order valence-corrected chi connectivity index (χ1v) is 7.48. The van der Waals surface area contributed by atoms with E-state index in [1.54, 1.807) is 12.1 Å². The van der Waals surface area contributed by atoms with Gasteiger partial charge in [-0.15, -0.1) is 0 Å². The number of phenolic OH excluding ortho intramolecular Hbond substituents is 1. The molecule has 0 aromatic heterocycles. The molecule has 1 amide bonds. The molecular weight excluding hydrogens is 252 g/mol. The van der Waals surface area contributed by atoms with Crippen molar-refractivity contribution in [2.24, 2.45) is 0 Å². The molecule has 1 N–H and O–H groups in total. The Labute approximate surface area is 120 Å². The Hall–Kier alpha value is -1.55. The fourth-order valence-corrected chi connectivity index (χ4v) is 3.38. The molecule has 0 radical (unpaired) electrons.